The third kappa shape index (κ3) is 2.98. The van der Waals surface area contributed by atoms with Crippen molar-refractivity contribution in [2.45, 2.75) is 99.8 Å². The maximum absolute atomic E-state index is 14.5. The fraction of sp³-hybridized carbons (Fsp3) is 0.781. The summed E-state index contributed by atoms with van der Waals surface area (Å²) in [4.78, 5) is 41.7. The molecular formula is C32H45N3O3. The summed E-state index contributed by atoms with van der Waals surface area (Å²) < 4.78 is 1.58. The first-order chi connectivity index (χ1) is 17.7. The molecule has 0 amide bonds. The van der Waals surface area contributed by atoms with Gasteiger partial charge in [-0.05, 0) is 90.9 Å². The van der Waals surface area contributed by atoms with Gasteiger partial charge in [-0.1, -0.05) is 54.0 Å². The second kappa shape index (κ2) is 7.97. The molecule has 0 spiro atoms. The van der Waals surface area contributed by atoms with E-state index in [1.165, 1.54) is 18.2 Å². The molecule has 206 valence electrons. The van der Waals surface area contributed by atoms with Gasteiger partial charge in [0.25, 0.3) is 0 Å². The van der Waals surface area contributed by atoms with Gasteiger partial charge in [0.1, 0.15) is 18.4 Å². The fourth-order valence-electron chi connectivity index (χ4n) is 11.1. The van der Waals surface area contributed by atoms with Crippen molar-refractivity contribution in [1.82, 2.24) is 14.8 Å². The van der Waals surface area contributed by atoms with Crippen LogP contribution in [0.15, 0.2) is 24.3 Å². The highest BCUT2D eigenvalue weighted by Crippen LogP contribution is 2.75. The summed E-state index contributed by atoms with van der Waals surface area (Å²) in [6.45, 7) is 16.0. The van der Waals surface area contributed by atoms with Crippen LogP contribution >= 0.6 is 0 Å². The summed E-state index contributed by atoms with van der Waals surface area (Å²) in [5, 5.41) is 7.88. The molecule has 38 heavy (non-hydrogen) atoms. The van der Waals surface area contributed by atoms with Crippen molar-refractivity contribution in [2.24, 2.45) is 56.7 Å². The number of rotatable bonds is 1. The maximum atomic E-state index is 14.5. The van der Waals surface area contributed by atoms with Gasteiger partial charge in [-0.3, -0.25) is 19.0 Å². The van der Waals surface area contributed by atoms with Crippen LogP contribution in [0.5, 0.6) is 0 Å². The first kappa shape index (κ1) is 26.1. The monoisotopic (exact) mass is 519 g/mol. The Kier molecular flexibility index (Phi) is 5.48. The number of Topliss-reactive ketones (excluding diaryl/α,β-unsaturated/α-hetero) is 1. The fourth-order valence-corrected chi connectivity index (χ4v) is 11.1. The van der Waals surface area contributed by atoms with Gasteiger partial charge < -0.3 is 0 Å². The zero-order valence-electron chi connectivity index (χ0n) is 24.3. The van der Waals surface area contributed by atoms with Gasteiger partial charge in [0.2, 0.25) is 5.91 Å². The Morgan fingerprint density at radius 2 is 1.61 bits per heavy atom. The van der Waals surface area contributed by atoms with Crippen LogP contribution in [0.2, 0.25) is 0 Å². The number of aromatic nitrogens is 3. The molecule has 0 aliphatic heterocycles. The van der Waals surface area contributed by atoms with Gasteiger partial charge in [0.05, 0.1) is 5.41 Å². The molecule has 5 aliphatic rings. The average molecular weight is 520 g/mol. The molecular weight excluding hydrogens is 474 g/mol. The number of hydrogen-bond acceptors (Lipinski definition) is 5. The van der Waals surface area contributed by atoms with Crippen LogP contribution in [-0.2, 0) is 9.59 Å². The third-order valence-electron chi connectivity index (χ3n) is 13.6. The molecule has 5 aliphatic carbocycles. The third-order valence-corrected chi connectivity index (χ3v) is 13.6. The topological polar surface area (TPSA) is 81.9 Å². The van der Waals surface area contributed by atoms with Gasteiger partial charge in [-0.15, -0.1) is 10.2 Å². The van der Waals surface area contributed by atoms with Crippen molar-refractivity contribution in [3.05, 3.63) is 24.3 Å². The second-order valence-electron chi connectivity index (χ2n) is 15.1. The molecule has 0 N–H and O–H groups in total. The van der Waals surface area contributed by atoms with Crippen LogP contribution in [0.1, 0.15) is 105 Å². The maximum Gasteiger partial charge on any atom is 0.239 e. The van der Waals surface area contributed by atoms with Crippen molar-refractivity contribution in [3.8, 4) is 0 Å². The molecule has 1 aromatic rings. The van der Waals surface area contributed by atoms with Crippen LogP contribution < -0.4 is 0 Å². The Bertz CT molecular complexity index is 1230. The number of hydrogen-bond donors (Lipinski definition) is 0. The first-order valence-corrected chi connectivity index (χ1v) is 14.9. The van der Waals surface area contributed by atoms with Gasteiger partial charge in [-0.25, -0.2) is 0 Å². The van der Waals surface area contributed by atoms with E-state index in [0.717, 1.165) is 44.9 Å². The Morgan fingerprint density at radius 3 is 2.29 bits per heavy atom. The summed E-state index contributed by atoms with van der Waals surface area (Å²) in [5.41, 5.74) is -0.213. The van der Waals surface area contributed by atoms with Gasteiger partial charge >= 0.3 is 0 Å². The smallest absolute Gasteiger partial charge is 0.239 e. The first-order valence-electron chi connectivity index (χ1n) is 14.9. The molecule has 1 aromatic heterocycles. The number of nitrogens with zero attached hydrogens (tertiary/aromatic N) is 3. The minimum Gasteiger partial charge on any atom is -0.299 e. The quantitative estimate of drug-likeness (QED) is 0.433. The molecule has 0 radical (unpaired) electrons. The largest absolute Gasteiger partial charge is 0.299 e. The highest BCUT2D eigenvalue weighted by Gasteiger charge is 2.71. The number of carbonyl (C=O) groups excluding carboxylic acids is 3. The molecule has 0 saturated heterocycles. The predicted octanol–water partition coefficient (Wildman–Crippen LogP) is 6.32. The summed E-state index contributed by atoms with van der Waals surface area (Å²) in [5.74, 6) is 1.67. The molecule has 0 bridgehead atoms. The second-order valence-corrected chi connectivity index (χ2v) is 15.1. The van der Waals surface area contributed by atoms with E-state index >= 15 is 0 Å². The summed E-state index contributed by atoms with van der Waals surface area (Å²) in [7, 11) is 0. The number of allylic oxidation sites excluding steroid dienone is 2. The number of ketones is 2. The zero-order valence-corrected chi connectivity index (χ0v) is 24.3. The standard InChI is InChI=1S/C32H45N3O3/c1-19-8-13-32(27(38)35-17-33-34-18-35)15-14-30(6)21(25(32)20(19)2)16-22(36)26-29(5)11-10-24(37)28(3,4)23(29)9-12-31(26,30)7/h16-20,23,25-26H,8-15H2,1-7H3/t19-,20+,23+,25+,26-,29+,30-,31-,32+/m1/s1. The molecule has 4 fully saturated rings. The molecule has 1 heterocycles. The van der Waals surface area contributed by atoms with E-state index in [1.807, 2.05) is 6.08 Å². The van der Waals surface area contributed by atoms with Crippen molar-refractivity contribution >= 4 is 17.5 Å². The molecule has 6 heteroatoms. The lowest BCUT2D eigenvalue weighted by Crippen LogP contribution is -2.67. The SMILES string of the molecule is C[C@H]1[C@H](C)CC[C@]2(C(=O)n3cnnc3)CC[C@]3(C)C(=CC(=O)[C@@H]4[C@@]5(C)CCC(=O)C(C)(C)[C@@H]5CC[C@]43C)[C@H]12. The molecule has 9 atom stereocenters. The molecule has 0 aromatic carbocycles. The lowest BCUT2D eigenvalue weighted by atomic mass is 9.33. The summed E-state index contributed by atoms with van der Waals surface area (Å²) in [6.07, 6.45) is 12.0. The molecule has 0 unspecified atom stereocenters. The minimum atomic E-state index is -0.524. The number of fused-ring (bicyclic) bond motifs is 7. The summed E-state index contributed by atoms with van der Waals surface area (Å²) >= 11 is 0. The number of carbonyl (C=O) groups is 3. The summed E-state index contributed by atoms with van der Waals surface area (Å²) in [6, 6.07) is 0. The highest BCUT2D eigenvalue weighted by molar-refractivity contribution is 5.97. The Labute approximate surface area is 227 Å². The van der Waals surface area contributed by atoms with E-state index in [4.69, 9.17) is 0 Å². The Balaban J connectivity index is 1.50. The van der Waals surface area contributed by atoms with E-state index in [2.05, 4.69) is 58.7 Å². The lowest BCUT2D eigenvalue weighted by Gasteiger charge is -2.70. The van der Waals surface area contributed by atoms with E-state index in [9.17, 15) is 14.4 Å². The highest BCUT2D eigenvalue weighted by atomic mass is 16.2. The zero-order chi connectivity index (χ0) is 27.5. The van der Waals surface area contributed by atoms with E-state index in [1.54, 1.807) is 4.57 Å². The van der Waals surface area contributed by atoms with E-state index in [0.29, 0.717) is 24.0 Å². The van der Waals surface area contributed by atoms with Gasteiger partial charge in [-0.2, -0.15) is 0 Å². The van der Waals surface area contributed by atoms with Crippen LogP contribution in [0, 0.1) is 56.7 Å². The van der Waals surface area contributed by atoms with Gasteiger partial charge in [0, 0.05) is 17.8 Å². The Morgan fingerprint density at radius 1 is 0.921 bits per heavy atom. The molecule has 6 nitrogen and oxygen atoms in total. The normalized spacial score (nSPS) is 47.8. The van der Waals surface area contributed by atoms with Crippen LogP contribution in [0.4, 0.5) is 0 Å². The van der Waals surface area contributed by atoms with Crippen molar-refractivity contribution in [1.29, 1.82) is 0 Å². The lowest BCUT2D eigenvalue weighted by molar-refractivity contribution is -0.187. The van der Waals surface area contributed by atoms with Crippen molar-refractivity contribution in [2.75, 3.05) is 0 Å². The van der Waals surface area contributed by atoms with E-state index < -0.39 is 5.41 Å². The van der Waals surface area contributed by atoms with Crippen molar-refractivity contribution in [3.63, 3.8) is 0 Å². The van der Waals surface area contributed by atoms with Crippen LogP contribution in [0.3, 0.4) is 0 Å². The molecule has 6 rings (SSSR count). The van der Waals surface area contributed by atoms with E-state index in [-0.39, 0.29) is 51.1 Å². The van der Waals surface area contributed by atoms with Crippen LogP contribution in [-0.4, -0.2) is 32.2 Å². The van der Waals surface area contributed by atoms with Crippen molar-refractivity contribution < 1.29 is 14.4 Å². The predicted molar refractivity (Wildman–Crippen MR) is 145 cm³/mol. The van der Waals surface area contributed by atoms with Crippen LogP contribution in [0.25, 0.3) is 0 Å². The Hall–Kier alpha value is -2.11. The van der Waals surface area contributed by atoms with Gasteiger partial charge in [0.15, 0.2) is 5.78 Å². The minimum absolute atomic E-state index is 0.0385. The molecule has 4 saturated carbocycles. The average Bonchev–Trinajstić information content (AvgIpc) is 3.39.